The number of imidazole rings is 1. The summed E-state index contributed by atoms with van der Waals surface area (Å²) in [5.74, 6) is -1.09. The molecule has 4 rings (SSSR count). The number of carboxylic acid groups (broad SMARTS) is 1. The molecule has 39 heavy (non-hydrogen) atoms. The van der Waals surface area contributed by atoms with Gasteiger partial charge in [-0.3, -0.25) is 4.79 Å². The number of nitrogens with zero attached hydrogens (tertiary/aromatic N) is 3. The molecular weight excluding hydrogens is 524 g/mol. The van der Waals surface area contributed by atoms with Gasteiger partial charge >= 0.3 is 12.1 Å². The smallest absolute Gasteiger partial charge is 0.410 e. The predicted octanol–water partition coefficient (Wildman–Crippen LogP) is 3.69. The van der Waals surface area contributed by atoms with Gasteiger partial charge in [0.15, 0.2) is 0 Å². The minimum atomic E-state index is -1.41. The van der Waals surface area contributed by atoms with Crippen LogP contribution in [0.15, 0.2) is 49.1 Å². The van der Waals surface area contributed by atoms with Crippen LogP contribution < -0.4 is 10.1 Å². The predicted molar refractivity (Wildman–Crippen MR) is 143 cm³/mol. The van der Waals surface area contributed by atoms with Crippen molar-refractivity contribution in [1.82, 2.24) is 19.8 Å². The molecule has 12 heteroatoms. The molecule has 208 valence electrons. The summed E-state index contributed by atoms with van der Waals surface area (Å²) >= 11 is 1.44. The number of benzene rings is 1. The number of aromatic nitrogens is 2. The highest BCUT2D eigenvalue weighted by Crippen LogP contribution is 2.29. The highest BCUT2D eigenvalue weighted by molar-refractivity contribution is 7.14. The number of fused-ring (bicyclic) bond motifs is 1. The fraction of sp³-hybridized carbons (Fsp3) is 0.407. The van der Waals surface area contributed by atoms with E-state index in [1.165, 1.54) is 18.4 Å². The molecule has 0 fully saturated rings. The number of hydrogen-bond donors (Lipinski definition) is 2. The second-order valence-electron chi connectivity index (χ2n) is 10.0. The topological polar surface area (TPSA) is 132 Å². The number of aliphatic carboxylic acids is 1. The van der Waals surface area contributed by atoms with Gasteiger partial charge in [-0.05, 0) is 56.5 Å². The number of ether oxygens (including phenoxy) is 3. The Balaban J connectivity index is 1.42. The van der Waals surface area contributed by atoms with Crippen LogP contribution in [-0.4, -0.2) is 69.6 Å². The van der Waals surface area contributed by atoms with Crippen LogP contribution in [0.2, 0.25) is 0 Å². The van der Waals surface area contributed by atoms with E-state index in [0.717, 1.165) is 16.0 Å². The first-order valence-corrected chi connectivity index (χ1v) is 13.2. The second kappa shape index (κ2) is 11.9. The minimum Gasteiger partial charge on any atom is -0.477 e. The quantitative estimate of drug-likeness (QED) is 0.382. The monoisotopic (exact) mass is 556 g/mol. The molecule has 3 aromatic rings. The Kier molecular flexibility index (Phi) is 8.56. The van der Waals surface area contributed by atoms with Crippen LogP contribution in [-0.2, 0) is 27.2 Å². The third kappa shape index (κ3) is 7.15. The number of thiophene rings is 1. The van der Waals surface area contributed by atoms with Crippen LogP contribution in [0.3, 0.4) is 0 Å². The number of carbonyl (C=O) groups is 3. The Hall–Kier alpha value is -3.90. The summed E-state index contributed by atoms with van der Waals surface area (Å²) in [6.07, 6.45) is 4.04. The lowest BCUT2D eigenvalue weighted by atomic mass is 10.1. The van der Waals surface area contributed by atoms with Gasteiger partial charge in [-0.2, -0.15) is 0 Å². The van der Waals surface area contributed by atoms with Gasteiger partial charge in [0, 0.05) is 37.5 Å². The van der Waals surface area contributed by atoms with E-state index in [9.17, 15) is 14.4 Å². The van der Waals surface area contributed by atoms with Gasteiger partial charge in [0.2, 0.25) is 0 Å². The minimum absolute atomic E-state index is 0.201. The molecule has 0 radical (unpaired) electrons. The highest BCUT2D eigenvalue weighted by atomic mass is 32.1. The van der Waals surface area contributed by atoms with Gasteiger partial charge < -0.3 is 34.1 Å². The maximum Gasteiger partial charge on any atom is 0.410 e. The van der Waals surface area contributed by atoms with Crippen molar-refractivity contribution in [3.05, 3.63) is 69.9 Å². The molecule has 0 aliphatic carbocycles. The summed E-state index contributed by atoms with van der Waals surface area (Å²) in [6, 6.07) is 8.49. The summed E-state index contributed by atoms with van der Waals surface area (Å²) in [6.45, 7) is 6.75. The largest absolute Gasteiger partial charge is 0.477 e. The summed E-state index contributed by atoms with van der Waals surface area (Å²) in [5, 5.41) is 12.1. The van der Waals surface area contributed by atoms with Crippen molar-refractivity contribution in [1.29, 1.82) is 0 Å². The summed E-state index contributed by atoms with van der Waals surface area (Å²) < 4.78 is 17.5. The van der Waals surface area contributed by atoms with Crippen molar-refractivity contribution < 1.29 is 33.7 Å². The Bertz CT molecular complexity index is 1300. The first kappa shape index (κ1) is 28.1. The van der Waals surface area contributed by atoms with Crippen LogP contribution >= 0.6 is 11.3 Å². The van der Waals surface area contributed by atoms with Crippen LogP contribution in [0.25, 0.3) is 0 Å². The van der Waals surface area contributed by atoms with Crippen molar-refractivity contribution in [3.63, 3.8) is 0 Å². The van der Waals surface area contributed by atoms with E-state index in [1.54, 1.807) is 41.7 Å². The fourth-order valence-corrected chi connectivity index (χ4v) is 5.22. The lowest BCUT2D eigenvalue weighted by Gasteiger charge is -2.29. The average molecular weight is 557 g/mol. The van der Waals surface area contributed by atoms with Crippen molar-refractivity contribution in [3.8, 4) is 5.75 Å². The Morgan fingerprint density at radius 1 is 1.21 bits per heavy atom. The molecule has 1 aliphatic heterocycles. The average Bonchev–Trinajstić information content (AvgIpc) is 3.57. The van der Waals surface area contributed by atoms with E-state index in [1.807, 2.05) is 37.6 Å². The second-order valence-corrected chi connectivity index (χ2v) is 11.2. The zero-order valence-corrected chi connectivity index (χ0v) is 23.1. The zero-order chi connectivity index (χ0) is 28.2. The fourth-order valence-electron chi connectivity index (χ4n) is 4.14. The highest BCUT2D eigenvalue weighted by Gasteiger charge is 2.28. The molecule has 2 atom stereocenters. The Morgan fingerprint density at radius 3 is 2.56 bits per heavy atom. The maximum atomic E-state index is 13.1. The molecule has 1 aliphatic rings. The SMILES string of the molecule is COC(Oc1ccc(C(CNC(=O)c2cc3c(s2)CCN(C(=O)OC(C)(C)C)C3)n2ccnc2)cc1)C(=O)O. The molecule has 0 saturated heterocycles. The molecule has 0 spiro atoms. The van der Waals surface area contributed by atoms with Crippen LogP contribution in [0.4, 0.5) is 4.79 Å². The molecule has 2 amide bonds. The lowest BCUT2D eigenvalue weighted by Crippen LogP contribution is -2.39. The lowest BCUT2D eigenvalue weighted by molar-refractivity contribution is -0.166. The first-order valence-electron chi connectivity index (χ1n) is 12.4. The van der Waals surface area contributed by atoms with Gasteiger partial charge in [0.25, 0.3) is 12.2 Å². The van der Waals surface area contributed by atoms with Crippen molar-refractivity contribution in [2.75, 3.05) is 20.2 Å². The van der Waals surface area contributed by atoms with E-state index < -0.39 is 17.9 Å². The summed E-state index contributed by atoms with van der Waals surface area (Å²) in [4.78, 5) is 44.3. The number of amides is 2. The number of carboxylic acids is 1. The van der Waals surface area contributed by atoms with Crippen LogP contribution in [0, 0.1) is 0 Å². The number of hydrogen-bond acceptors (Lipinski definition) is 8. The van der Waals surface area contributed by atoms with Gasteiger partial charge in [-0.15, -0.1) is 11.3 Å². The van der Waals surface area contributed by atoms with E-state index in [-0.39, 0.29) is 24.6 Å². The normalized spacial score (nSPS) is 14.7. The van der Waals surface area contributed by atoms with Gasteiger partial charge in [-0.1, -0.05) is 12.1 Å². The number of carbonyl (C=O) groups excluding carboxylic acids is 2. The van der Waals surface area contributed by atoms with E-state index in [0.29, 0.717) is 30.1 Å². The standard InChI is InChI=1S/C27H32N4O7S/c1-27(2,3)38-26(35)30-11-9-21-18(15-30)13-22(39-21)23(32)29-14-20(31-12-10-28-16-31)17-5-7-19(8-6-17)37-25(36-4)24(33)34/h5-8,10,12-13,16,20,25H,9,11,14-15H2,1-4H3,(H,29,32)(H,33,34). The van der Waals surface area contributed by atoms with Gasteiger partial charge in [-0.25, -0.2) is 14.6 Å². The van der Waals surface area contributed by atoms with Crippen molar-refractivity contribution >= 4 is 29.3 Å². The Morgan fingerprint density at radius 2 is 1.95 bits per heavy atom. The molecule has 2 unspecified atom stereocenters. The zero-order valence-electron chi connectivity index (χ0n) is 22.2. The van der Waals surface area contributed by atoms with Crippen molar-refractivity contribution in [2.45, 2.75) is 51.7 Å². The number of rotatable bonds is 9. The molecule has 0 saturated carbocycles. The molecule has 2 aromatic heterocycles. The van der Waals surface area contributed by atoms with E-state index in [2.05, 4.69) is 10.3 Å². The van der Waals surface area contributed by atoms with E-state index >= 15 is 0 Å². The summed E-state index contributed by atoms with van der Waals surface area (Å²) in [7, 11) is 1.26. The Labute approximate surface area is 230 Å². The number of methoxy groups -OCH3 is 1. The molecular formula is C27H32N4O7S. The molecule has 11 nitrogen and oxygen atoms in total. The van der Waals surface area contributed by atoms with Crippen molar-refractivity contribution in [2.24, 2.45) is 0 Å². The third-order valence-corrected chi connectivity index (χ3v) is 7.24. The first-order chi connectivity index (χ1) is 18.5. The molecule has 1 aromatic carbocycles. The van der Waals surface area contributed by atoms with Gasteiger partial charge in [0.05, 0.1) is 23.8 Å². The molecule has 0 bridgehead atoms. The van der Waals surface area contributed by atoms with Crippen LogP contribution in [0.1, 0.15) is 52.5 Å². The van der Waals surface area contributed by atoms with Crippen LogP contribution in [0.5, 0.6) is 5.75 Å². The van der Waals surface area contributed by atoms with Gasteiger partial charge in [0.1, 0.15) is 11.4 Å². The summed E-state index contributed by atoms with van der Waals surface area (Å²) in [5.41, 5.74) is 1.25. The number of nitrogens with one attached hydrogen (secondary N) is 1. The maximum absolute atomic E-state index is 13.1. The van der Waals surface area contributed by atoms with E-state index in [4.69, 9.17) is 19.3 Å². The molecule has 3 heterocycles. The molecule has 2 N–H and O–H groups in total. The third-order valence-electron chi connectivity index (χ3n) is 6.01.